The normalized spacial score (nSPS) is 10.3. The van der Waals surface area contributed by atoms with Crippen molar-refractivity contribution in [1.29, 1.82) is 0 Å². The third-order valence-corrected chi connectivity index (χ3v) is 1.59. The molecule has 0 aliphatic rings. The van der Waals surface area contributed by atoms with Gasteiger partial charge in [-0.1, -0.05) is 12.1 Å². The van der Waals surface area contributed by atoms with E-state index in [-0.39, 0.29) is 5.82 Å². The lowest BCUT2D eigenvalue weighted by Crippen LogP contribution is -1.91. The van der Waals surface area contributed by atoms with Crippen molar-refractivity contribution in [1.82, 2.24) is 20.2 Å². The van der Waals surface area contributed by atoms with Gasteiger partial charge in [0.05, 0.1) is 7.05 Å². The summed E-state index contributed by atoms with van der Waals surface area (Å²) in [5.74, 6) is 0.131. The average Bonchev–Trinajstić information content (AvgIpc) is 2.52. The van der Waals surface area contributed by atoms with Gasteiger partial charge in [-0.25, -0.2) is 4.39 Å². The monoisotopic (exact) mass is 178 g/mol. The minimum atomic E-state index is -0.301. The first kappa shape index (κ1) is 7.85. The largest absolute Gasteiger partial charge is 0.207 e. The maximum Gasteiger partial charge on any atom is 0.205 e. The number of hydrogen-bond acceptors (Lipinski definition) is 3. The Morgan fingerprint density at radius 3 is 2.85 bits per heavy atom. The summed E-state index contributed by atoms with van der Waals surface area (Å²) in [7, 11) is 1.66. The molecular formula is C8H7FN4. The predicted molar refractivity (Wildman–Crippen MR) is 44.2 cm³/mol. The molecule has 0 aliphatic heterocycles. The minimum Gasteiger partial charge on any atom is -0.207 e. The van der Waals surface area contributed by atoms with Crippen LogP contribution >= 0.6 is 0 Å². The molecule has 5 heteroatoms. The van der Waals surface area contributed by atoms with Crippen molar-refractivity contribution < 1.29 is 4.39 Å². The molecule has 13 heavy (non-hydrogen) atoms. The fraction of sp³-hybridized carbons (Fsp3) is 0.125. The van der Waals surface area contributed by atoms with E-state index in [2.05, 4.69) is 15.4 Å². The van der Waals surface area contributed by atoms with E-state index in [0.29, 0.717) is 11.4 Å². The molecule has 0 spiro atoms. The Morgan fingerprint density at radius 2 is 2.23 bits per heavy atom. The topological polar surface area (TPSA) is 43.6 Å². The van der Waals surface area contributed by atoms with E-state index in [0.717, 1.165) is 0 Å². The predicted octanol–water partition coefficient (Wildman–Crippen LogP) is 1.02. The molecule has 0 amide bonds. The van der Waals surface area contributed by atoms with Gasteiger partial charge in [0.25, 0.3) is 0 Å². The molecule has 4 nitrogen and oxygen atoms in total. The zero-order chi connectivity index (χ0) is 9.26. The molecule has 1 heterocycles. The van der Waals surface area contributed by atoms with Gasteiger partial charge in [0.15, 0.2) is 0 Å². The molecule has 0 aliphatic carbocycles. The number of hydrogen-bond donors (Lipinski definition) is 0. The zero-order valence-electron chi connectivity index (χ0n) is 6.98. The highest BCUT2D eigenvalue weighted by Gasteiger charge is 2.03. The van der Waals surface area contributed by atoms with Crippen LogP contribution in [0.1, 0.15) is 0 Å². The van der Waals surface area contributed by atoms with E-state index in [1.807, 2.05) is 0 Å². The van der Waals surface area contributed by atoms with Crippen molar-refractivity contribution in [2.75, 3.05) is 0 Å². The summed E-state index contributed by atoms with van der Waals surface area (Å²) in [5.41, 5.74) is 0.633. The first-order valence-electron chi connectivity index (χ1n) is 3.75. The van der Waals surface area contributed by atoms with Crippen molar-refractivity contribution in [2.24, 2.45) is 7.05 Å². The molecule has 66 valence electrons. The van der Waals surface area contributed by atoms with Crippen LogP contribution < -0.4 is 0 Å². The van der Waals surface area contributed by atoms with Crippen LogP contribution in [0, 0.1) is 5.82 Å². The van der Waals surface area contributed by atoms with Crippen LogP contribution in [-0.2, 0) is 7.05 Å². The lowest BCUT2D eigenvalue weighted by atomic mass is 10.2. The zero-order valence-corrected chi connectivity index (χ0v) is 6.98. The molecule has 0 unspecified atom stereocenters. The Morgan fingerprint density at radius 1 is 1.38 bits per heavy atom. The van der Waals surface area contributed by atoms with E-state index < -0.39 is 0 Å². The summed E-state index contributed by atoms with van der Waals surface area (Å²) >= 11 is 0. The number of aryl methyl sites for hydroxylation is 1. The van der Waals surface area contributed by atoms with Crippen LogP contribution in [0.4, 0.5) is 4.39 Å². The van der Waals surface area contributed by atoms with Crippen LogP contribution in [0.15, 0.2) is 24.3 Å². The van der Waals surface area contributed by atoms with Gasteiger partial charge in [0.2, 0.25) is 5.82 Å². The van der Waals surface area contributed by atoms with Crippen molar-refractivity contribution in [3.8, 4) is 11.4 Å². The van der Waals surface area contributed by atoms with Gasteiger partial charge in [-0.15, -0.1) is 10.2 Å². The van der Waals surface area contributed by atoms with Gasteiger partial charge in [0, 0.05) is 5.56 Å². The molecule has 1 aromatic heterocycles. The second-order valence-corrected chi connectivity index (χ2v) is 2.61. The van der Waals surface area contributed by atoms with Crippen LogP contribution in [0.5, 0.6) is 0 Å². The standard InChI is InChI=1S/C8H7FN4/c1-13-11-8(10-12-13)6-3-2-4-7(9)5-6/h2-5H,1H3. The third-order valence-electron chi connectivity index (χ3n) is 1.59. The number of benzene rings is 1. The quantitative estimate of drug-likeness (QED) is 0.654. The Kier molecular flexibility index (Phi) is 1.77. The Hall–Kier alpha value is -1.78. The van der Waals surface area contributed by atoms with E-state index in [1.165, 1.54) is 16.9 Å². The molecule has 1 aromatic carbocycles. The lowest BCUT2D eigenvalue weighted by Gasteiger charge is -1.92. The van der Waals surface area contributed by atoms with Gasteiger partial charge < -0.3 is 0 Å². The molecule has 0 saturated heterocycles. The molecule has 2 rings (SSSR count). The smallest absolute Gasteiger partial charge is 0.205 e. The summed E-state index contributed by atoms with van der Waals surface area (Å²) in [6, 6.07) is 6.10. The van der Waals surface area contributed by atoms with E-state index in [1.54, 1.807) is 19.2 Å². The van der Waals surface area contributed by atoms with Gasteiger partial charge in [-0.05, 0) is 17.3 Å². The first-order chi connectivity index (χ1) is 6.25. The summed E-state index contributed by atoms with van der Waals surface area (Å²) in [5, 5.41) is 11.4. The third kappa shape index (κ3) is 1.53. The molecule has 2 aromatic rings. The van der Waals surface area contributed by atoms with E-state index in [4.69, 9.17) is 0 Å². The fourth-order valence-electron chi connectivity index (χ4n) is 1.03. The lowest BCUT2D eigenvalue weighted by molar-refractivity contribution is 0.627. The first-order valence-corrected chi connectivity index (χ1v) is 3.75. The van der Waals surface area contributed by atoms with Gasteiger partial charge in [-0.3, -0.25) is 0 Å². The molecule has 0 fully saturated rings. The van der Waals surface area contributed by atoms with Gasteiger partial charge >= 0.3 is 0 Å². The number of tetrazole rings is 1. The molecule has 0 bridgehead atoms. The van der Waals surface area contributed by atoms with Crippen LogP contribution in [0.25, 0.3) is 11.4 Å². The maximum absolute atomic E-state index is 12.8. The number of halogens is 1. The molecule has 0 N–H and O–H groups in total. The molecule has 0 saturated carbocycles. The SMILES string of the molecule is Cn1nnc(-c2cccc(F)c2)n1. The van der Waals surface area contributed by atoms with Crippen molar-refractivity contribution in [2.45, 2.75) is 0 Å². The highest BCUT2D eigenvalue weighted by molar-refractivity contribution is 5.53. The van der Waals surface area contributed by atoms with Crippen LogP contribution in [0.2, 0.25) is 0 Å². The Balaban J connectivity index is 2.46. The van der Waals surface area contributed by atoms with Crippen molar-refractivity contribution in [3.05, 3.63) is 30.1 Å². The number of nitrogens with zero attached hydrogens (tertiary/aromatic N) is 4. The Bertz CT molecular complexity index is 424. The summed E-state index contributed by atoms with van der Waals surface area (Å²) in [6.07, 6.45) is 0. The van der Waals surface area contributed by atoms with Crippen LogP contribution in [0.3, 0.4) is 0 Å². The molecular weight excluding hydrogens is 171 g/mol. The number of aromatic nitrogens is 4. The van der Waals surface area contributed by atoms with Crippen molar-refractivity contribution >= 4 is 0 Å². The highest BCUT2D eigenvalue weighted by atomic mass is 19.1. The Labute approximate surface area is 74.0 Å². The second-order valence-electron chi connectivity index (χ2n) is 2.61. The highest BCUT2D eigenvalue weighted by Crippen LogP contribution is 2.13. The fourth-order valence-corrected chi connectivity index (χ4v) is 1.03. The van der Waals surface area contributed by atoms with Crippen LogP contribution in [-0.4, -0.2) is 20.2 Å². The van der Waals surface area contributed by atoms with Gasteiger partial charge in [-0.2, -0.15) is 4.80 Å². The summed E-state index contributed by atoms with van der Waals surface area (Å²) < 4.78 is 12.8. The van der Waals surface area contributed by atoms with Crippen molar-refractivity contribution in [3.63, 3.8) is 0 Å². The van der Waals surface area contributed by atoms with E-state index >= 15 is 0 Å². The summed E-state index contributed by atoms with van der Waals surface area (Å²) in [6.45, 7) is 0. The average molecular weight is 178 g/mol. The minimum absolute atomic E-state index is 0.301. The van der Waals surface area contributed by atoms with E-state index in [9.17, 15) is 4.39 Å². The second kappa shape index (κ2) is 2.93. The maximum atomic E-state index is 12.8. The molecule has 0 radical (unpaired) electrons. The van der Waals surface area contributed by atoms with Gasteiger partial charge in [0.1, 0.15) is 5.82 Å². The molecule has 0 atom stereocenters. The summed E-state index contributed by atoms with van der Waals surface area (Å²) in [4.78, 5) is 1.33. The number of rotatable bonds is 1.